The zero-order valence-corrected chi connectivity index (χ0v) is 17.4. The molecule has 1 aliphatic rings. The molecule has 160 valence electrons. The molecule has 6 rings (SSSR count). The van der Waals surface area contributed by atoms with Crippen LogP contribution in [0.1, 0.15) is 45.1 Å². The van der Waals surface area contributed by atoms with Crippen molar-refractivity contribution in [3.8, 4) is 11.5 Å². The fraction of sp³-hybridized carbons (Fsp3) is 0.238. The van der Waals surface area contributed by atoms with E-state index in [1.165, 1.54) is 0 Å². The molecule has 0 saturated carbocycles. The van der Waals surface area contributed by atoms with E-state index >= 15 is 0 Å². The number of aryl methyl sites for hydroxylation is 2. The fourth-order valence-electron chi connectivity index (χ4n) is 4.22. The average Bonchev–Trinajstić information content (AvgIpc) is 3.57. The summed E-state index contributed by atoms with van der Waals surface area (Å²) < 4.78 is 7.55. The molecule has 0 radical (unpaired) electrons. The van der Waals surface area contributed by atoms with Gasteiger partial charge in [0, 0.05) is 31.1 Å². The molecule has 0 spiro atoms. The van der Waals surface area contributed by atoms with Crippen LogP contribution in [0.5, 0.6) is 0 Å². The number of pyridine rings is 1. The van der Waals surface area contributed by atoms with Crippen LogP contribution in [0.15, 0.2) is 41.3 Å². The summed E-state index contributed by atoms with van der Waals surface area (Å²) in [7, 11) is 0. The standard InChI is InChI=1S/C21H19N9O2/c1-11-4-3-6-30-16(11)8-15(28-30)18-17-14(22-10-23-17)5-7-29(18)21(31)20-27-26-19(32-20)13-9-24-25-12(13)2/h3-4,6,8-10,18H,5,7H2,1-2H3,(H,22,23)(H,24,25). The fourth-order valence-corrected chi connectivity index (χ4v) is 4.22. The Hall–Kier alpha value is -4.28. The molecular formula is C21H19N9O2. The third kappa shape index (κ3) is 2.74. The first kappa shape index (κ1) is 18.5. The van der Waals surface area contributed by atoms with Crippen molar-refractivity contribution in [1.29, 1.82) is 0 Å². The summed E-state index contributed by atoms with van der Waals surface area (Å²) in [5.74, 6) is -0.196. The lowest BCUT2D eigenvalue weighted by molar-refractivity contribution is 0.0646. The van der Waals surface area contributed by atoms with Crippen molar-refractivity contribution < 1.29 is 9.21 Å². The number of fused-ring (bicyclic) bond motifs is 2. The van der Waals surface area contributed by atoms with Crippen molar-refractivity contribution in [3.63, 3.8) is 0 Å². The van der Waals surface area contributed by atoms with Gasteiger partial charge in [0.1, 0.15) is 6.04 Å². The Balaban J connectivity index is 1.42. The van der Waals surface area contributed by atoms with Gasteiger partial charge in [0.05, 0.1) is 34.5 Å². The molecule has 11 nitrogen and oxygen atoms in total. The minimum Gasteiger partial charge on any atom is -0.412 e. The lowest BCUT2D eigenvalue weighted by atomic mass is 9.99. The highest BCUT2D eigenvalue weighted by Crippen LogP contribution is 2.34. The van der Waals surface area contributed by atoms with Crippen LogP contribution in [0.25, 0.3) is 17.0 Å². The maximum absolute atomic E-state index is 13.5. The quantitative estimate of drug-likeness (QED) is 0.449. The number of rotatable bonds is 3. The monoisotopic (exact) mass is 429 g/mol. The van der Waals surface area contributed by atoms with E-state index in [1.54, 1.807) is 17.4 Å². The molecule has 6 heterocycles. The van der Waals surface area contributed by atoms with Crippen LogP contribution in [0.4, 0.5) is 0 Å². The lowest BCUT2D eigenvalue weighted by Crippen LogP contribution is -2.41. The second-order valence-corrected chi connectivity index (χ2v) is 7.80. The number of aromatic amines is 2. The Bertz CT molecular complexity index is 1460. The number of nitrogens with zero attached hydrogens (tertiary/aromatic N) is 7. The van der Waals surface area contributed by atoms with Gasteiger partial charge >= 0.3 is 11.8 Å². The third-order valence-corrected chi connectivity index (χ3v) is 5.87. The van der Waals surface area contributed by atoms with Gasteiger partial charge in [-0.25, -0.2) is 9.50 Å². The van der Waals surface area contributed by atoms with E-state index in [2.05, 4.69) is 30.4 Å². The van der Waals surface area contributed by atoms with Crippen LogP contribution in [0, 0.1) is 13.8 Å². The number of nitrogens with one attached hydrogen (secondary N) is 2. The van der Waals surface area contributed by atoms with Crippen molar-refractivity contribution in [2.75, 3.05) is 6.54 Å². The van der Waals surface area contributed by atoms with Gasteiger partial charge in [-0.2, -0.15) is 10.2 Å². The topological polar surface area (TPSA) is 134 Å². The number of carbonyl (C=O) groups excluding carboxylic acids is 1. The molecule has 5 aromatic rings. The van der Waals surface area contributed by atoms with Gasteiger partial charge in [-0.15, -0.1) is 10.2 Å². The first-order valence-corrected chi connectivity index (χ1v) is 10.2. The van der Waals surface area contributed by atoms with Gasteiger partial charge in [-0.1, -0.05) is 6.07 Å². The summed E-state index contributed by atoms with van der Waals surface area (Å²) in [6.07, 6.45) is 5.85. The molecule has 0 aromatic carbocycles. The van der Waals surface area contributed by atoms with E-state index in [4.69, 9.17) is 9.52 Å². The Morgan fingerprint density at radius 3 is 3.00 bits per heavy atom. The number of imidazole rings is 1. The highest BCUT2D eigenvalue weighted by molar-refractivity contribution is 5.90. The normalized spacial score (nSPS) is 15.9. The number of H-pyrrole nitrogens is 2. The van der Waals surface area contributed by atoms with Crippen molar-refractivity contribution in [1.82, 2.24) is 44.9 Å². The SMILES string of the molecule is Cc1n[nH]cc1-c1nnc(C(=O)N2CCc3[nH]cnc3C2c2cc3c(C)cccn3n2)o1. The molecule has 1 aliphatic heterocycles. The first-order chi connectivity index (χ1) is 15.6. The maximum Gasteiger partial charge on any atom is 0.312 e. The smallest absolute Gasteiger partial charge is 0.312 e. The van der Waals surface area contributed by atoms with Crippen LogP contribution in [-0.2, 0) is 6.42 Å². The number of amides is 1. The molecule has 0 bridgehead atoms. The van der Waals surface area contributed by atoms with Gasteiger partial charge in [0.2, 0.25) is 0 Å². The number of aromatic nitrogens is 8. The third-order valence-electron chi connectivity index (χ3n) is 5.87. The van der Waals surface area contributed by atoms with Gasteiger partial charge in [0.15, 0.2) is 0 Å². The highest BCUT2D eigenvalue weighted by Gasteiger charge is 2.38. The van der Waals surface area contributed by atoms with E-state index in [9.17, 15) is 4.79 Å². The first-order valence-electron chi connectivity index (χ1n) is 10.2. The predicted octanol–water partition coefficient (Wildman–Crippen LogP) is 2.24. The molecule has 32 heavy (non-hydrogen) atoms. The minimum atomic E-state index is -0.470. The summed E-state index contributed by atoms with van der Waals surface area (Å²) >= 11 is 0. The number of carbonyl (C=O) groups is 1. The molecule has 0 fully saturated rings. The van der Waals surface area contributed by atoms with Crippen LogP contribution in [0.2, 0.25) is 0 Å². The number of hydrogen-bond donors (Lipinski definition) is 2. The van der Waals surface area contributed by atoms with Crippen LogP contribution in [-0.4, -0.2) is 57.3 Å². The Morgan fingerprint density at radius 1 is 1.28 bits per heavy atom. The van der Waals surface area contributed by atoms with Crippen molar-refractivity contribution in [2.45, 2.75) is 26.3 Å². The largest absolute Gasteiger partial charge is 0.412 e. The molecule has 1 amide bonds. The second-order valence-electron chi connectivity index (χ2n) is 7.80. The Morgan fingerprint density at radius 2 is 2.19 bits per heavy atom. The highest BCUT2D eigenvalue weighted by atomic mass is 16.4. The average molecular weight is 429 g/mol. The van der Waals surface area contributed by atoms with Crippen LogP contribution < -0.4 is 0 Å². The maximum atomic E-state index is 13.5. The van der Waals surface area contributed by atoms with Crippen molar-refractivity contribution >= 4 is 11.4 Å². The molecule has 11 heteroatoms. The number of hydrogen-bond acceptors (Lipinski definition) is 7. The van der Waals surface area contributed by atoms with Gasteiger partial charge in [-0.05, 0) is 31.5 Å². The van der Waals surface area contributed by atoms with Crippen LogP contribution in [0.3, 0.4) is 0 Å². The summed E-state index contributed by atoms with van der Waals surface area (Å²) in [6, 6.07) is 5.50. The van der Waals surface area contributed by atoms with Crippen LogP contribution >= 0.6 is 0 Å². The molecular weight excluding hydrogens is 410 g/mol. The summed E-state index contributed by atoms with van der Waals surface area (Å²) in [4.78, 5) is 22.9. The zero-order chi connectivity index (χ0) is 21.8. The molecule has 0 aliphatic carbocycles. The van der Waals surface area contributed by atoms with Crippen molar-refractivity contribution in [2.24, 2.45) is 0 Å². The van der Waals surface area contributed by atoms with E-state index in [0.717, 1.165) is 28.2 Å². The van der Waals surface area contributed by atoms with E-state index in [0.29, 0.717) is 24.2 Å². The van der Waals surface area contributed by atoms with Gasteiger partial charge in [-0.3, -0.25) is 9.89 Å². The summed E-state index contributed by atoms with van der Waals surface area (Å²) in [6.45, 7) is 4.32. The van der Waals surface area contributed by atoms with Gasteiger partial charge < -0.3 is 14.3 Å². The molecule has 2 N–H and O–H groups in total. The zero-order valence-electron chi connectivity index (χ0n) is 17.4. The second kappa shape index (κ2) is 6.87. The summed E-state index contributed by atoms with van der Waals surface area (Å²) in [5.41, 5.74) is 5.95. The predicted molar refractivity (Wildman–Crippen MR) is 112 cm³/mol. The molecule has 1 unspecified atom stereocenters. The molecule has 1 atom stereocenters. The minimum absolute atomic E-state index is 0.0791. The molecule has 5 aromatic heterocycles. The summed E-state index contributed by atoms with van der Waals surface area (Å²) in [5, 5.41) is 19.6. The van der Waals surface area contributed by atoms with E-state index < -0.39 is 6.04 Å². The lowest BCUT2D eigenvalue weighted by Gasteiger charge is -2.32. The molecule has 0 saturated heterocycles. The van der Waals surface area contributed by atoms with E-state index in [1.807, 2.05) is 42.8 Å². The Kier molecular flexibility index (Phi) is 3.97. The van der Waals surface area contributed by atoms with Crippen molar-refractivity contribution in [3.05, 3.63) is 71.1 Å². The van der Waals surface area contributed by atoms with E-state index in [-0.39, 0.29) is 17.7 Å². The Labute approximate surface area is 181 Å². The van der Waals surface area contributed by atoms with Gasteiger partial charge in [0.25, 0.3) is 5.89 Å².